The number of benzene rings is 1. The molecule has 6 heteroatoms. The van der Waals surface area contributed by atoms with Gasteiger partial charge in [-0.1, -0.05) is 11.8 Å². The van der Waals surface area contributed by atoms with Gasteiger partial charge in [-0.3, -0.25) is 0 Å². The van der Waals surface area contributed by atoms with E-state index in [0.717, 1.165) is 28.0 Å². The van der Waals surface area contributed by atoms with E-state index in [1.54, 1.807) is 24.9 Å². The summed E-state index contributed by atoms with van der Waals surface area (Å²) in [7, 11) is 3.59. The van der Waals surface area contributed by atoms with Crippen LogP contribution in [0.4, 0.5) is 5.69 Å². The fraction of sp³-hybridized carbons (Fsp3) is 0.333. The molecule has 1 aromatic carbocycles. The van der Waals surface area contributed by atoms with Gasteiger partial charge in [-0.05, 0) is 24.6 Å². The molecule has 1 heterocycles. The predicted molar refractivity (Wildman–Crippen MR) is 72.7 cm³/mol. The zero-order chi connectivity index (χ0) is 13.1. The van der Waals surface area contributed by atoms with Crippen molar-refractivity contribution in [2.75, 3.05) is 12.8 Å². The standard InChI is InChI=1S/C12H16N4OS/c1-8-14-15-12(16(8)2)18-7-9-4-10(13)6-11(5-9)17-3/h4-6H,7,13H2,1-3H3. The fourth-order valence-corrected chi connectivity index (χ4v) is 2.44. The molecule has 0 aliphatic carbocycles. The lowest BCUT2D eigenvalue weighted by Crippen LogP contribution is -1.95. The summed E-state index contributed by atoms with van der Waals surface area (Å²) in [5.41, 5.74) is 7.63. The topological polar surface area (TPSA) is 66.0 Å². The van der Waals surface area contributed by atoms with Crippen molar-refractivity contribution in [3.8, 4) is 5.75 Å². The molecule has 0 amide bonds. The highest BCUT2D eigenvalue weighted by molar-refractivity contribution is 7.98. The number of rotatable bonds is 4. The van der Waals surface area contributed by atoms with E-state index in [9.17, 15) is 0 Å². The fourth-order valence-electron chi connectivity index (χ4n) is 1.55. The maximum absolute atomic E-state index is 5.82. The molecule has 2 aromatic rings. The molecule has 18 heavy (non-hydrogen) atoms. The number of nitrogen functional groups attached to an aromatic ring is 1. The van der Waals surface area contributed by atoms with E-state index < -0.39 is 0 Å². The van der Waals surface area contributed by atoms with E-state index in [0.29, 0.717) is 5.69 Å². The second-order valence-electron chi connectivity index (χ2n) is 3.99. The summed E-state index contributed by atoms with van der Waals surface area (Å²) in [5, 5.41) is 9.03. The summed E-state index contributed by atoms with van der Waals surface area (Å²) in [4.78, 5) is 0. The monoisotopic (exact) mass is 264 g/mol. The normalized spacial score (nSPS) is 10.6. The van der Waals surface area contributed by atoms with Crippen LogP contribution in [0.5, 0.6) is 5.75 Å². The zero-order valence-electron chi connectivity index (χ0n) is 10.7. The van der Waals surface area contributed by atoms with Crippen LogP contribution in [-0.2, 0) is 12.8 Å². The van der Waals surface area contributed by atoms with Crippen LogP contribution in [0, 0.1) is 6.92 Å². The van der Waals surface area contributed by atoms with Gasteiger partial charge in [0.25, 0.3) is 0 Å². The van der Waals surface area contributed by atoms with Gasteiger partial charge in [0.05, 0.1) is 7.11 Å². The lowest BCUT2D eigenvalue weighted by atomic mass is 10.2. The Bertz CT molecular complexity index is 553. The number of methoxy groups -OCH3 is 1. The predicted octanol–water partition coefficient (Wildman–Crippen LogP) is 2.01. The van der Waals surface area contributed by atoms with Crippen molar-refractivity contribution in [2.45, 2.75) is 17.8 Å². The van der Waals surface area contributed by atoms with Crippen molar-refractivity contribution >= 4 is 17.4 Å². The molecule has 0 unspecified atom stereocenters. The molecule has 1 aromatic heterocycles. The first-order chi connectivity index (χ1) is 8.60. The van der Waals surface area contributed by atoms with Crippen LogP contribution in [-0.4, -0.2) is 21.9 Å². The van der Waals surface area contributed by atoms with Crippen LogP contribution in [0.2, 0.25) is 0 Å². The molecule has 2 N–H and O–H groups in total. The molecule has 0 fully saturated rings. The second kappa shape index (κ2) is 5.30. The summed E-state index contributed by atoms with van der Waals surface area (Å²) in [6.45, 7) is 1.93. The Morgan fingerprint density at radius 1 is 1.33 bits per heavy atom. The molecule has 0 aliphatic rings. The van der Waals surface area contributed by atoms with Crippen molar-refractivity contribution < 1.29 is 4.74 Å². The van der Waals surface area contributed by atoms with Crippen molar-refractivity contribution in [2.24, 2.45) is 7.05 Å². The largest absolute Gasteiger partial charge is 0.497 e. The number of nitrogens with two attached hydrogens (primary N) is 1. The highest BCUT2D eigenvalue weighted by Gasteiger charge is 2.06. The Morgan fingerprint density at radius 3 is 2.72 bits per heavy atom. The number of hydrogen-bond donors (Lipinski definition) is 1. The summed E-state index contributed by atoms with van der Waals surface area (Å²) in [6.07, 6.45) is 0. The average molecular weight is 264 g/mol. The highest BCUT2D eigenvalue weighted by atomic mass is 32.2. The third kappa shape index (κ3) is 2.76. The van der Waals surface area contributed by atoms with E-state index in [4.69, 9.17) is 10.5 Å². The second-order valence-corrected chi connectivity index (χ2v) is 4.93. The Hall–Kier alpha value is -1.69. The van der Waals surface area contributed by atoms with Gasteiger partial charge in [0.1, 0.15) is 11.6 Å². The van der Waals surface area contributed by atoms with Crippen LogP contribution < -0.4 is 10.5 Å². The molecular weight excluding hydrogens is 248 g/mol. The Labute approximate surface area is 110 Å². The Morgan fingerprint density at radius 2 is 2.11 bits per heavy atom. The molecule has 0 spiro atoms. The number of aromatic nitrogens is 3. The number of anilines is 1. The van der Waals surface area contributed by atoms with Gasteiger partial charge in [0.2, 0.25) is 0 Å². The van der Waals surface area contributed by atoms with E-state index in [-0.39, 0.29) is 0 Å². The average Bonchev–Trinajstić information content (AvgIpc) is 2.67. The third-order valence-corrected chi connectivity index (χ3v) is 3.74. The highest BCUT2D eigenvalue weighted by Crippen LogP contribution is 2.25. The van der Waals surface area contributed by atoms with Crippen molar-refractivity contribution in [3.05, 3.63) is 29.6 Å². The van der Waals surface area contributed by atoms with Gasteiger partial charge in [-0.25, -0.2) is 0 Å². The summed E-state index contributed by atoms with van der Waals surface area (Å²) in [5.74, 6) is 2.47. The number of aryl methyl sites for hydroxylation is 1. The lowest BCUT2D eigenvalue weighted by molar-refractivity contribution is 0.414. The van der Waals surface area contributed by atoms with Crippen LogP contribution in [0.3, 0.4) is 0 Å². The quantitative estimate of drug-likeness (QED) is 0.676. The first kappa shape index (κ1) is 12.8. The molecular formula is C12H16N4OS. The Kier molecular flexibility index (Phi) is 3.76. The lowest BCUT2D eigenvalue weighted by Gasteiger charge is -2.06. The minimum atomic E-state index is 0.707. The molecule has 0 saturated heterocycles. The summed E-state index contributed by atoms with van der Waals surface area (Å²) < 4.78 is 7.16. The minimum Gasteiger partial charge on any atom is -0.497 e. The van der Waals surface area contributed by atoms with Gasteiger partial charge >= 0.3 is 0 Å². The van der Waals surface area contributed by atoms with E-state index >= 15 is 0 Å². The third-order valence-electron chi connectivity index (χ3n) is 2.64. The molecule has 5 nitrogen and oxygen atoms in total. The first-order valence-corrected chi connectivity index (χ1v) is 6.51. The van der Waals surface area contributed by atoms with Gasteiger partial charge in [0.15, 0.2) is 5.16 Å². The van der Waals surface area contributed by atoms with Gasteiger partial charge in [-0.15, -0.1) is 10.2 Å². The first-order valence-electron chi connectivity index (χ1n) is 5.52. The Balaban J connectivity index is 2.10. The molecule has 0 atom stereocenters. The molecule has 0 bridgehead atoms. The van der Waals surface area contributed by atoms with Crippen molar-refractivity contribution in [1.82, 2.24) is 14.8 Å². The van der Waals surface area contributed by atoms with Crippen LogP contribution in [0.15, 0.2) is 23.4 Å². The van der Waals surface area contributed by atoms with Gasteiger partial charge in [0, 0.05) is 24.6 Å². The van der Waals surface area contributed by atoms with Gasteiger partial charge in [-0.2, -0.15) is 0 Å². The van der Waals surface area contributed by atoms with Crippen molar-refractivity contribution in [1.29, 1.82) is 0 Å². The number of nitrogens with zero attached hydrogens (tertiary/aromatic N) is 3. The molecule has 0 saturated carbocycles. The maximum Gasteiger partial charge on any atom is 0.191 e. The van der Waals surface area contributed by atoms with E-state index in [1.807, 2.05) is 30.7 Å². The smallest absolute Gasteiger partial charge is 0.191 e. The minimum absolute atomic E-state index is 0.707. The van der Waals surface area contributed by atoms with E-state index in [1.165, 1.54) is 0 Å². The summed E-state index contributed by atoms with van der Waals surface area (Å²) >= 11 is 1.63. The van der Waals surface area contributed by atoms with Crippen molar-refractivity contribution in [3.63, 3.8) is 0 Å². The summed E-state index contributed by atoms with van der Waals surface area (Å²) in [6, 6.07) is 5.73. The number of ether oxygens (including phenoxy) is 1. The molecule has 2 rings (SSSR count). The van der Waals surface area contributed by atoms with Crippen LogP contribution in [0.25, 0.3) is 0 Å². The van der Waals surface area contributed by atoms with Gasteiger partial charge < -0.3 is 15.0 Å². The zero-order valence-corrected chi connectivity index (χ0v) is 11.5. The maximum atomic E-state index is 5.82. The molecule has 96 valence electrons. The van der Waals surface area contributed by atoms with E-state index in [2.05, 4.69) is 10.2 Å². The van der Waals surface area contributed by atoms with Crippen LogP contribution in [0.1, 0.15) is 11.4 Å². The number of thioether (sulfide) groups is 1. The SMILES string of the molecule is COc1cc(N)cc(CSc2nnc(C)n2C)c1. The van der Waals surface area contributed by atoms with Crippen LogP contribution >= 0.6 is 11.8 Å². The molecule has 0 aliphatic heterocycles. The number of hydrogen-bond acceptors (Lipinski definition) is 5. The molecule has 0 radical (unpaired) electrons.